The molecule has 76 valence electrons. The molecule has 2 aromatic heterocycles. The first-order chi connectivity index (χ1) is 6.79. The van der Waals surface area contributed by atoms with E-state index in [9.17, 15) is 0 Å². The summed E-state index contributed by atoms with van der Waals surface area (Å²) in [5.74, 6) is 0.627. The summed E-state index contributed by atoms with van der Waals surface area (Å²) in [6, 6.07) is 0.330. The van der Waals surface area contributed by atoms with Gasteiger partial charge in [0.25, 0.3) is 0 Å². The van der Waals surface area contributed by atoms with Crippen molar-refractivity contribution in [3.8, 4) is 0 Å². The van der Waals surface area contributed by atoms with Crippen LogP contribution in [-0.2, 0) is 6.54 Å². The predicted octanol–water partition coefficient (Wildman–Crippen LogP) is 2.11. The van der Waals surface area contributed by atoms with Crippen molar-refractivity contribution in [3.05, 3.63) is 23.5 Å². The molecular formula is C9H12ClN3S. The summed E-state index contributed by atoms with van der Waals surface area (Å²) in [5, 5.41) is 5.32. The molecule has 1 unspecified atom stereocenters. The minimum absolute atomic E-state index is 0.330. The molecule has 0 saturated carbocycles. The SMILES string of the molecule is CC(CCl)NCc1cn2ccsc2n1. The van der Waals surface area contributed by atoms with Crippen LogP contribution in [0.15, 0.2) is 17.8 Å². The fourth-order valence-corrected chi connectivity index (χ4v) is 2.02. The number of nitrogens with one attached hydrogen (secondary N) is 1. The van der Waals surface area contributed by atoms with Gasteiger partial charge in [-0.25, -0.2) is 4.98 Å². The number of aromatic nitrogens is 2. The molecule has 0 aromatic carbocycles. The molecule has 14 heavy (non-hydrogen) atoms. The summed E-state index contributed by atoms with van der Waals surface area (Å²) in [6.07, 6.45) is 4.06. The average Bonchev–Trinajstić information content (AvgIpc) is 2.73. The first-order valence-electron chi connectivity index (χ1n) is 4.50. The Kier molecular flexibility index (Phi) is 3.05. The van der Waals surface area contributed by atoms with E-state index < -0.39 is 0 Å². The molecule has 0 aliphatic heterocycles. The van der Waals surface area contributed by atoms with Crippen LogP contribution >= 0.6 is 22.9 Å². The number of alkyl halides is 1. The second-order valence-corrected chi connectivity index (χ2v) is 4.44. The third kappa shape index (κ3) is 2.08. The zero-order valence-electron chi connectivity index (χ0n) is 7.90. The number of halogens is 1. The molecule has 0 amide bonds. The molecule has 0 aliphatic carbocycles. The van der Waals surface area contributed by atoms with E-state index in [2.05, 4.69) is 17.2 Å². The van der Waals surface area contributed by atoms with Gasteiger partial charge in [-0.15, -0.1) is 22.9 Å². The molecule has 0 aliphatic rings. The van der Waals surface area contributed by atoms with Gasteiger partial charge in [0.1, 0.15) is 0 Å². The summed E-state index contributed by atoms with van der Waals surface area (Å²) in [7, 11) is 0. The molecule has 0 spiro atoms. The molecule has 0 bridgehead atoms. The van der Waals surface area contributed by atoms with Gasteiger partial charge < -0.3 is 5.32 Å². The molecule has 5 heteroatoms. The lowest BCUT2D eigenvalue weighted by Crippen LogP contribution is -2.26. The van der Waals surface area contributed by atoms with Crippen molar-refractivity contribution in [2.45, 2.75) is 19.5 Å². The average molecular weight is 230 g/mol. The Balaban J connectivity index is 2.01. The van der Waals surface area contributed by atoms with Crippen LogP contribution < -0.4 is 5.32 Å². The second kappa shape index (κ2) is 4.29. The van der Waals surface area contributed by atoms with Crippen molar-refractivity contribution in [1.82, 2.24) is 14.7 Å². The topological polar surface area (TPSA) is 29.3 Å². The highest BCUT2D eigenvalue weighted by Gasteiger charge is 2.03. The van der Waals surface area contributed by atoms with Crippen LogP contribution in [0.1, 0.15) is 12.6 Å². The number of hydrogen-bond donors (Lipinski definition) is 1. The number of imidazole rings is 1. The zero-order valence-corrected chi connectivity index (χ0v) is 9.48. The van der Waals surface area contributed by atoms with Gasteiger partial charge >= 0.3 is 0 Å². The standard InChI is InChI=1S/C9H12ClN3S/c1-7(4-10)11-5-8-6-13-2-3-14-9(13)12-8/h2-3,6-7,11H,4-5H2,1H3. The number of nitrogens with zero attached hydrogens (tertiary/aromatic N) is 2. The molecule has 0 radical (unpaired) electrons. The van der Waals surface area contributed by atoms with Gasteiger partial charge in [0, 0.05) is 36.2 Å². The Morgan fingerprint density at radius 2 is 2.57 bits per heavy atom. The second-order valence-electron chi connectivity index (χ2n) is 3.26. The van der Waals surface area contributed by atoms with Gasteiger partial charge in [-0.2, -0.15) is 0 Å². The number of hydrogen-bond acceptors (Lipinski definition) is 3. The van der Waals surface area contributed by atoms with Gasteiger partial charge in [0.2, 0.25) is 0 Å². The Labute approximate surface area is 91.7 Å². The van der Waals surface area contributed by atoms with Crippen LogP contribution in [0.4, 0.5) is 0 Å². The Morgan fingerprint density at radius 1 is 1.71 bits per heavy atom. The van der Waals surface area contributed by atoms with E-state index in [1.807, 2.05) is 22.2 Å². The van der Waals surface area contributed by atoms with Crippen molar-refractivity contribution in [2.24, 2.45) is 0 Å². The van der Waals surface area contributed by atoms with Crippen LogP contribution in [0.25, 0.3) is 4.96 Å². The molecule has 0 fully saturated rings. The molecule has 3 nitrogen and oxygen atoms in total. The predicted molar refractivity (Wildman–Crippen MR) is 60.1 cm³/mol. The molecule has 2 heterocycles. The maximum Gasteiger partial charge on any atom is 0.193 e. The highest BCUT2D eigenvalue weighted by Crippen LogP contribution is 2.11. The van der Waals surface area contributed by atoms with Crippen molar-refractivity contribution in [1.29, 1.82) is 0 Å². The molecule has 2 rings (SSSR count). The normalized spacial score (nSPS) is 13.6. The highest BCUT2D eigenvalue weighted by molar-refractivity contribution is 7.15. The van der Waals surface area contributed by atoms with Crippen molar-refractivity contribution in [3.63, 3.8) is 0 Å². The minimum atomic E-state index is 0.330. The molecule has 2 aromatic rings. The van der Waals surface area contributed by atoms with Gasteiger partial charge in [-0.3, -0.25) is 4.40 Å². The molecule has 1 atom stereocenters. The van der Waals surface area contributed by atoms with Gasteiger partial charge in [0.05, 0.1) is 5.69 Å². The summed E-state index contributed by atoms with van der Waals surface area (Å²) in [4.78, 5) is 5.50. The smallest absolute Gasteiger partial charge is 0.193 e. The van der Waals surface area contributed by atoms with Crippen molar-refractivity contribution in [2.75, 3.05) is 5.88 Å². The lowest BCUT2D eigenvalue weighted by atomic mass is 10.3. The molecule has 1 N–H and O–H groups in total. The third-order valence-corrected chi connectivity index (χ3v) is 3.24. The van der Waals surface area contributed by atoms with Crippen LogP contribution in [0, 0.1) is 0 Å². The third-order valence-electron chi connectivity index (χ3n) is 2.01. The lowest BCUT2D eigenvalue weighted by Gasteiger charge is -2.07. The molecular weight excluding hydrogens is 218 g/mol. The summed E-state index contributed by atoms with van der Waals surface area (Å²) < 4.78 is 2.03. The fourth-order valence-electron chi connectivity index (χ4n) is 1.19. The number of thiazole rings is 1. The summed E-state index contributed by atoms with van der Waals surface area (Å²) in [6.45, 7) is 2.84. The van der Waals surface area contributed by atoms with Crippen LogP contribution in [0.2, 0.25) is 0 Å². The minimum Gasteiger partial charge on any atom is -0.307 e. The Bertz CT molecular complexity index is 380. The van der Waals surface area contributed by atoms with Crippen LogP contribution in [0.3, 0.4) is 0 Å². The zero-order chi connectivity index (χ0) is 9.97. The molecule has 0 saturated heterocycles. The quantitative estimate of drug-likeness (QED) is 0.814. The first kappa shape index (κ1) is 9.96. The fraction of sp³-hybridized carbons (Fsp3) is 0.444. The van der Waals surface area contributed by atoms with E-state index in [-0.39, 0.29) is 0 Å². The maximum atomic E-state index is 5.69. The van der Waals surface area contributed by atoms with E-state index >= 15 is 0 Å². The van der Waals surface area contributed by atoms with Crippen LogP contribution in [-0.4, -0.2) is 21.3 Å². The first-order valence-corrected chi connectivity index (χ1v) is 5.91. The van der Waals surface area contributed by atoms with E-state index in [0.29, 0.717) is 11.9 Å². The summed E-state index contributed by atoms with van der Waals surface area (Å²) in [5.41, 5.74) is 1.06. The van der Waals surface area contributed by atoms with E-state index in [1.54, 1.807) is 11.3 Å². The monoisotopic (exact) mass is 229 g/mol. The van der Waals surface area contributed by atoms with Crippen LogP contribution in [0.5, 0.6) is 0 Å². The highest BCUT2D eigenvalue weighted by atomic mass is 35.5. The largest absolute Gasteiger partial charge is 0.307 e. The van der Waals surface area contributed by atoms with E-state index in [1.165, 1.54) is 0 Å². The number of rotatable bonds is 4. The van der Waals surface area contributed by atoms with E-state index in [4.69, 9.17) is 11.6 Å². The number of fused-ring (bicyclic) bond motifs is 1. The van der Waals surface area contributed by atoms with Crippen molar-refractivity contribution < 1.29 is 0 Å². The van der Waals surface area contributed by atoms with Gasteiger partial charge in [-0.05, 0) is 6.92 Å². The Morgan fingerprint density at radius 3 is 3.29 bits per heavy atom. The van der Waals surface area contributed by atoms with Gasteiger partial charge in [0.15, 0.2) is 4.96 Å². The van der Waals surface area contributed by atoms with Gasteiger partial charge in [-0.1, -0.05) is 0 Å². The maximum absolute atomic E-state index is 5.69. The van der Waals surface area contributed by atoms with E-state index in [0.717, 1.165) is 17.2 Å². The lowest BCUT2D eigenvalue weighted by molar-refractivity contribution is 0.587. The Hall–Kier alpha value is -0.580. The van der Waals surface area contributed by atoms with Crippen molar-refractivity contribution >= 4 is 27.9 Å². The summed E-state index contributed by atoms with van der Waals surface area (Å²) >= 11 is 7.34.